The van der Waals surface area contributed by atoms with Gasteiger partial charge in [-0.05, 0) is 20.8 Å². The van der Waals surface area contributed by atoms with Crippen molar-refractivity contribution in [3.05, 3.63) is 0 Å². The maximum atomic E-state index is 9.09. The molecule has 0 unspecified atom stereocenters. The third-order valence-electron chi connectivity index (χ3n) is 0.787. The molecular weight excluding hydrogens is 319 g/mol. The number of thiol groups is 2. The second-order valence-corrected chi connectivity index (χ2v) is 4.47. The van der Waals surface area contributed by atoms with Crippen molar-refractivity contribution in [1.82, 2.24) is 0 Å². The van der Waals surface area contributed by atoms with Gasteiger partial charge in [0.1, 0.15) is 0 Å². The second-order valence-electron chi connectivity index (χ2n) is 2.23. The van der Waals surface area contributed by atoms with E-state index in [0.717, 1.165) is 0 Å². The van der Waals surface area contributed by atoms with Gasteiger partial charge in [0.2, 0.25) is 0 Å². The molecule has 0 aromatic carbocycles. The molecule has 7 nitrogen and oxygen atoms in total. The van der Waals surface area contributed by atoms with Gasteiger partial charge in [-0.2, -0.15) is 0 Å². The molecule has 0 aliphatic carbocycles. The summed E-state index contributed by atoms with van der Waals surface area (Å²) in [5, 5.41) is -1.28. The van der Waals surface area contributed by atoms with Crippen molar-refractivity contribution in [2.45, 2.75) is 20.8 Å². The molecule has 0 rings (SSSR count). The smallest absolute Gasteiger partial charge is 1.00 e. The normalized spacial score (nSPS) is 8.32. The van der Waals surface area contributed by atoms with E-state index in [1.54, 1.807) is 0 Å². The third-order valence-corrected chi connectivity index (χ3v) is 2.36. The molecule has 0 aliphatic heterocycles. The molecule has 0 bridgehead atoms. The Morgan fingerprint density at radius 1 is 0.947 bits per heavy atom. The van der Waals surface area contributed by atoms with Crippen LogP contribution in [-0.4, -0.2) is 39.8 Å². The molecule has 0 saturated heterocycles. The van der Waals surface area contributed by atoms with Crippen molar-refractivity contribution >= 4 is 45.3 Å². The number of primary amides is 2. The van der Waals surface area contributed by atoms with Crippen LogP contribution in [0.4, 0.5) is 9.59 Å². The van der Waals surface area contributed by atoms with Gasteiger partial charge in [0.05, 0.1) is 0 Å². The van der Waals surface area contributed by atoms with E-state index in [2.05, 4.69) is 36.7 Å². The first-order chi connectivity index (χ1) is 8.31. The number of nitrogens with two attached hydrogens (primary N) is 2. The quantitative estimate of drug-likeness (QED) is 0.336. The maximum Gasteiger partial charge on any atom is 1.00 e. The fourth-order valence-electron chi connectivity index (χ4n) is 0.479. The van der Waals surface area contributed by atoms with Crippen LogP contribution in [0.3, 0.4) is 0 Å². The van der Waals surface area contributed by atoms with E-state index in [1.165, 1.54) is 0 Å². The summed E-state index contributed by atoms with van der Waals surface area (Å²) in [4.78, 5) is 18.2. The summed E-state index contributed by atoms with van der Waals surface area (Å²) in [5.74, 6) is 0. The van der Waals surface area contributed by atoms with Crippen LogP contribution in [-0.2, 0) is 13.3 Å². The number of carbonyl (C=O) groups excluding carboxylic acids is 2. The largest absolute Gasteiger partial charge is 1.00 e. The zero-order chi connectivity index (χ0) is 15.0. The van der Waals surface area contributed by atoms with E-state index in [4.69, 9.17) is 22.9 Å². The monoisotopic (exact) mass is 341 g/mol. The Kier molecular flexibility index (Phi) is 35.1. The number of hydrogen-bond donors (Lipinski definition) is 4. The molecule has 0 heterocycles. The second kappa shape index (κ2) is 23.8. The standard InChI is InChI=1S/C6H15O3Si.2CH3NOS.Na.H/c1-4-7-10(8-5-2)9-6-3;2*2-1(3)4;;/h4-6H2,1-3H3;2*(H3,2,3,4);;/q;;;+1;-1. The van der Waals surface area contributed by atoms with Crippen molar-refractivity contribution in [1.29, 1.82) is 0 Å². The van der Waals surface area contributed by atoms with E-state index in [1.807, 2.05) is 20.8 Å². The molecule has 0 spiro atoms. The molecule has 1 radical (unpaired) electrons. The summed E-state index contributed by atoms with van der Waals surface area (Å²) in [5.41, 5.74) is 8.67. The van der Waals surface area contributed by atoms with Gasteiger partial charge < -0.3 is 26.2 Å². The minimum atomic E-state index is -1.40. The first-order valence-corrected chi connectivity index (χ1v) is 7.15. The molecule has 0 saturated carbocycles. The Morgan fingerprint density at radius 3 is 1.21 bits per heavy atom. The first kappa shape index (κ1) is 28.0. The van der Waals surface area contributed by atoms with E-state index < -0.39 is 20.0 Å². The van der Waals surface area contributed by atoms with Gasteiger partial charge >= 0.3 is 39.1 Å². The predicted molar refractivity (Wildman–Crippen MR) is 78.9 cm³/mol. The van der Waals surface area contributed by atoms with Gasteiger partial charge in [-0.15, -0.1) is 0 Å². The molecule has 0 atom stereocenters. The van der Waals surface area contributed by atoms with Crippen LogP contribution < -0.4 is 41.0 Å². The van der Waals surface area contributed by atoms with Gasteiger partial charge in [0.25, 0.3) is 10.5 Å². The van der Waals surface area contributed by atoms with Crippen LogP contribution in [0.1, 0.15) is 22.2 Å². The maximum absolute atomic E-state index is 9.09. The molecule has 0 aliphatic rings. The minimum absolute atomic E-state index is 0. The molecule has 0 aromatic heterocycles. The molecule has 111 valence electrons. The van der Waals surface area contributed by atoms with Crippen molar-refractivity contribution in [2.24, 2.45) is 11.5 Å². The fraction of sp³-hybridized carbons (Fsp3) is 0.750. The van der Waals surface area contributed by atoms with E-state index in [-0.39, 0.29) is 31.0 Å². The Labute approximate surface area is 150 Å². The number of amides is 2. The first-order valence-electron chi connectivity index (χ1n) is 5.03. The summed E-state index contributed by atoms with van der Waals surface area (Å²) < 4.78 is 15.5. The van der Waals surface area contributed by atoms with Crippen molar-refractivity contribution in [3.63, 3.8) is 0 Å². The third kappa shape index (κ3) is 55.4. The van der Waals surface area contributed by atoms with E-state index in [9.17, 15) is 0 Å². The van der Waals surface area contributed by atoms with Crippen LogP contribution in [0.2, 0.25) is 0 Å². The summed E-state index contributed by atoms with van der Waals surface area (Å²) in [7, 11) is -1.40. The number of rotatable bonds is 6. The van der Waals surface area contributed by atoms with Gasteiger partial charge in [-0.1, -0.05) is 25.3 Å². The Balaban J connectivity index is -0.0000000637. The summed E-state index contributed by atoms with van der Waals surface area (Å²) in [6.07, 6.45) is 0. The van der Waals surface area contributed by atoms with Crippen LogP contribution in [0.15, 0.2) is 0 Å². The Hall–Kier alpha value is 0.737. The SMILES string of the molecule is CCO[Si](OCC)OCC.NC(=O)S.NC(=O)S.[H-].[Na+]. The number of carbonyl (C=O) groups is 2. The van der Waals surface area contributed by atoms with Gasteiger partial charge in [-0.25, -0.2) is 0 Å². The predicted octanol–water partition coefficient (Wildman–Crippen LogP) is -1.81. The van der Waals surface area contributed by atoms with Gasteiger partial charge in [0, 0.05) is 19.8 Å². The molecule has 0 aromatic rings. The summed E-state index contributed by atoms with van der Waals surface area (Å²) in [6.45, 7) is 7.78. The van der Waals surface area contributed by atoms with E-state index in [0.29, 0.717) is 19.8 Å². The molecule has 2 amide bonds. The zero-order valence-corrected chi connectivity index (χ0v) is 16.5. The van der Waals surface area contributed by atoms with Gasteiger partial charge in [0.15, 0.2) is 0 Å². The molecule has 11 heteroatoms. The van der Waals surface area contributed by atoms with Crippen molar-refractivity contribution < 1.29 is 53.9 Å². The summed E-state index contributed by atoms with van der Waals surface area (Å²) >= 11 is 6.21. The average Bonchev–Trinajstić information content (AvgIpc) is 2.17. The van der Waals surface area contributed by atoms with Crippen LogP contribution >= 0.6 is 25.3 Å². The number of hydrogen-bond acceptors (Lipinski definition) is 5. The Morgan fingerprint density at radius 2 is 1.11 bits per heavy atom. The zero-order valence-electron chi connectivity index (χ0n) is 12.7. The Bertz CT molecular complexity index is 189. The fourth-order valence-corrected chi connectivity index (χ4v) is 1.44. The van der Waals surface area contributed by atoms with Crippen LogP contribution in [0, 0.1) is 0 Å². The van der Waals surface area contributed by atoms with Crippen molar-refractivity contribution in [2.75, 3.05) is 19.8 Å². The van der Waals surface area contributed by atoms with E-state index >= 15 is 0 Å². The van der Waals surface area contributed by atoms with Crippen LogP contribution in [0.25, 0.3) is 0 Å². The average molecular weight is 341 g/mol. The topological polar surface area (TPSA) is 114 Å². The molecular formula is C8H22N2NaO5S2Si. The summed E-state index contributed by atoms with van der Waals surface area (Å²) in [6, 6.07) is 0. The van der Waals surface area contributed by atoms with Gasteiger partial charge in [-0.3, -0.25) is 9.59 Å². The molecule has 4 N–H and O–H groups in total. The van der Waals surface area contributed by atoms with Crippen molar-refractivity contribution in [3.8, 4) is 0 Å². The molecule has 19 heavy (non-hydrogen) atoms. The minimum Gasteiger partial charge on any atom is -1.00 e. The molecule has 0 fully saturated rings. The van der Waals surface area contributed by atoms with Crippen LogP contribution in [0.5, 0.6) is 0 Å².